The van der Waals surface area contributed by atoms with Gasteiger partial charge in [0.15, 0.2) is 17.1 Å². The molecule has 11 heteroatoms. The second-order valence-electron chi connectivity index (χ2n) is 8.32. The standard InChI is InChI=1S/C27H24FN5O5/c1-5-19-23(15-6-8-17(28)9-7-15)25-29-14-18-20(33(25)30-19)10-11-32(27(18)35)31-26(34)16-12-21(36-2)24(38-4)22(13-16)37-3/h6-14H,5H2,1-4H3,(H,31,34). The van der Waals surface area contributed by atoms with E-state index in [0.29, 0.717) is 34.8 Å². The number of aryl methyl sites for hydroxylation is 1. The van der Waals surface area contributed by atoms with Crippen LogP contribution in [0.5, 0.6) is 17.2 Å². The number of carbonyl (C=O) groups excluding carboxylic acids is 1. The molecule has 0 atom stereocenters. The molecule has 0 aliphatic carbocycles. The molecule has 2 aromatic carbocycles. The van der Waals surface area contributed by atoms with Gasteiger partial charge in [0.2, 0.25) is 5.75 Å². The largest absolute Gasteiger partial charge is 0.493 e. The van der Waals surface area contributed by atoms with Crippen molar-refractivity contribution in [2.45, 2.75) is 13.3 Å². The van der Waals surface area contributed by atoms with E-state index >= 15 is 0 Å². The van der Waals surface area contributed by atoms with Gasteiger partial charge in [0, 0.05) is 23.5 Å². The molecule has 0 saturated heterocycles. The highest BCUT2D eigenvalue weighted by atomic mass is 19.1. The van der Waals surface area contributed by atoms with Gasteiger partial charge in [-0.2, -0.15) is 5.10 Å². The minimum atomic E-state index is -0.564. The SMILES string of the molecule is CCc1nn2c(ncc3c(=O)n(NC(=O)c4cc(OC)c(OC)c(OC)c4)ccc32)c1-c1ccc(F)cc1. The van der Waals surface area contributed by atoms with E-state index in [1.54, 1.807) is 22.7 Å². The number of pyridine rings is 1. The van der Waals surface area contributed by atoms with Crippen molar-refractivity contribution in [3.05, 3.63) is 82.3 Å². The highest BCUT2D eigenvalue weighted by molar-refractivity contribution is 6.01. The van der Waals surface area contributed by atoms with E-state index in [9.17, 15) is 14.0 Å². The van der Waals surface area contributed by atoms with E-state index in [2.05, 4.69) is 15.5 Å². The Kier molecular flexibility index (Phi) is 6.41. The Morgan fingerprint density at radius 2 is 1.71 bits per heavy atom. The summed E-state index contributed by atoms with van der Waals surface area (Å²) in [5, 5.41) is 4.93. The van der Waals surface area contributed by atoms with Crippen molar-refractivity contribution in [3.63, 3.8) is 0 Å². The van der Waals surface area contributed by atoms with Crippen LogP contribution in [0.4, 0.5) is 4.39 Å². The number of benzene rings is 2. The summed E-state index contributed by atoms with van der Waals surface area (Å²) < 4.78 is 32.1. The Morgan fingerprint density at radius 1 is 1.03 bits per heavy atom. The van der Waals surface area contributed by atoms with Crippen molar-refractivity contribution in [1.29, 1.82) is 0 Å². The number of nitrogens with one attached hydrogen (secondary N) is 1. The molecule has 0 bridgehead atoms. The molecule has 1 amide bonds. The highest BCUT2D eigenvalue weighted by Crippen LogP contribution is 2.38. The van der Waals surface area contributed by atoms with Crippen molar-refractivity contribution >= 4 is 22.5 Å². The summed E-state index contributed by atoms with van der Waals surface area (Å²) in [5.74, 6) is 0.0466. The van der Waals surface area contributed by atoms with Crippen LogP contribution in [0.1, 0.15) is 23.0 Å². The van der Waals surface area contributed by atoms with E-state index in [1.165, 1.54) is 58.0 Å². The molecule has 5 rings (SSSR count). The lowest BCUT2D eigenvalue weighted by atomic mass is 10.0. The van der Waals surface area contributed by atoms with Crippen LogP contribution in [0.15, 0.2) is 59.7 Å². The van der Waals surface area contributed by atoms with E-state index in [1.807, 2.05) is 6.92 Å². The zero-order valence-corrected chi connectivity index (χ0v) is 21.1. The molecular formula is C27H24FN5O5. The van der Waals surface area contributed by atoms with Gasteiger partial charge in [0.05, 0.1) is 37.9 Å². The zero-order chi connectivity index (χ0) is 27.0. The predicted octanol–water partition coefficient (Wildman–Crippen LogP) is 3.82. The number of hydrogen-bond acceptors (Lipinski definition) is 7. The summed E-state index contributed by atoms with van der Waals surface area (Å²) in [4.78, 5) is 30.9. The number of halogens is 1. The number of methoxy groups -OCH3 is 3. The third-order valence-corrected chi connectivity index (χ3v) is 6.20. The van der Waals surface area contributed by atoms with Crippen molar-refractivity contribution in [2.24, 2.45) is 0 Å². The molecular weight excluding hydrogens is 493 g/mol. The number of nitrogens with zero attached hydrogens (tertiary/aromatic N) is 4. The number of carbonyl (C=O) groups is 1. The maximum absolute atomic E-state index is 13.5. The van der Waals surface area contributed by atoms with Gasteiger partial charge in [-0.25, -0.2) is 18.6 Å². The number of amides is 1. The lowest BCUT2D eigenvalue weighted by Crippen LogP contribution is -2.33. The minimum absolute atomic E-state index is 0.198. The van der Waals surface area contributed by atoms with Gasteiger partial charge in [0.25, 0.3) is 11.5 Å². The minimum Gasteiger partial charge on any atom is -0.493 e. The third-order valence-electron chi connectivity index (χ3n) is 6.20. The van der Waals surface area contributed by atoms with Crippen LogP contribution in [-0.4, -0.2) is 46.5 Å². The van der Waals surface area contributed by atoms with Gasteiger partial charge >= 0.3 is 0 Å². The van der Waals surface area contributed by atoms with Crippen LogP contribution in [0, 0.1) is 5.82 Å². The average molecular weight is 518 g/mol. The topological polar surface area (TPSA) is 109 Å². The molecule has 3 heterocycles. The van der Waals surface area contributed by atoms with Crippen LogP contribution in [0.2, 0.25) is 0 Å². The third kappa shape index (κ3) is 4.07. The normalized spacial score (nSPS) is 11.1. The summed E-state index contributed by atoms with van der Waals surface area (Å²) in [5.41, 5.74) is 5.66. The first-order chi connectivity index (χ1) is 18.4. The lowest BCUT2D eigenvalue weighted by molar-refractivity contribution is 0.101. The molecule has 194 valence electrons. The Bertz CT molecular complexity index is 1720. The molecule has 1 N–H and O–H groups in total. The van der Waals surface area contributed by atoms with Crippen LogP contribution in [0.3, 0.4) is 0 Å². The lowest BCUT2D eigenvalue weighted by Gasteiger charge is -2.14. The fourth-order valence-electron chi connectivity index (χ4n) is 4.35. The Hall–Kier alpha value is -4.93. The number of aromatic nitrogens is 4. The van der Waals surface area contributed by atoms with Crippen LogP contribution in [0.25, 0.3) is 27.7 Å². The maximum Gasteiger partial charge on any atom is 0.280 e. The first kappa shape index (κ1) is 24.8. The molecule has 0 aliphatic rings. The summed E-state index contributed by atoms with van der Waals surface area (Å²) in [6.07, 6.45) is 3.51. The molecule has 0 fully saturated rings. The van der Waals surface area contributed by atoms with Crippen LogP contribution in [-0.2, 0) is 6.42 Å². The number of ether oxygens (including phenoxy) is 3. The van der Waals surface area contributed by atoms with Crippen molar-refractivity contribution in [1.82, 2.24) is 19.3 Å². The Balaban J connectivity index is 1.56. The quantitative estimate of drug-likeness (QED) is 0.350. The number of rotatable bonds is 7. The first-order valence-corrected chi connectivity index (χ1v) is 11.7. The maximum atomic E-state index is 13.5. The fraction of sp³-hybridized carbons (Fsp3) is 0.185. The predicted molar refractivity (Wildman–Crippen MR) is 139 cm³/mol. The summed E-state index contributed by atoms with van der Waals surface area (Å²) >= 11 is 0. The molecule has 0 aliphatic heterocycles. The number of hydrogen-bond donors (Lipinski definition) is 1. The van der Waals surface area contributed by atoms with Gasteiger partial charge in [0.1, 0.15) is 5.82 Å². The molecule has 0 saturated carbocycles. The molecule has 38 heavy (non-hydrogen) atoms. The van der Waals surface area contributed by atoms with E-state index in [4.69, 9.17) is 14.2 Å². The van der Waals surface area contributed by atoms with Gasteiger partial charge < -0.3 is 14.2 Å². The molecule has 5 aromatic rings. The van der Waals surface area contributed by atoms with Crippen molar-refractivity contribution in [2.75, 3.05) is 26.8 Å². The van der Waals surface area contributed by atoms with E-state index in [0.717, 1.165) is 21.5 Å². The van der Waals surface area contributed by atoms with Gasteiger partial charge in [-0.3, -0.25) is 15.0 Å². The second kappa shape index (κ2) is 9.85. The van der Waals surface area contributed by atoms with Gasteiger partial charge in [-0.15, -0.1) is 0 Å². The molecule has 0 radical (unpaired) electrons. The molecule has 3 aromatic heterocycles. The molecule has 0 unspecified atom stereocenters. The van der Waals surface area contributed by atoms with Gasteiger partial charge in [-0.05, 0) is 42.3 Å². The fourth-order valence-corrected chi connectivity index (χ4v) is 4.35. The highest BCUT2D eigenvalue weighted by Gasteiger charge is 2.20. The monoisotopic (exact) mass is 517 g/mol. The zero-order valence-electron chi connectivity index (χ0n) is 21.1. The summed E-state index contributed by atoms with van der Waals surface area (Å²) in [6, 6.07) is 10.8. The van der Waals surface area contributed by atoms with E-state index in [-0.39, 0.29) is 16.8 Å². The summed E-state index contributed by atoms with van der Waals surface area (Å²) in [7, 11) is 4.36. The smallest absolute Gasteiger partial charge is 0.280 e. The molecule has 0 spiro atoms. The molecule has 10 nitrogen and oxygen atoms in total. The average Bonchev–Trinajstić information content (AvgIpc) is 3.33. The van der Waals surface area contributed by atoms with Crippen molar-refractivity contribution in [3.8, 4) is 28.4 Å². The Labute approximate surface area is 216 Å². The first-order valence-electron chi connectivity index (χ1n) is 11.7. The van der Waals surface area contributed by atoms with Crippen LogP contribution < -0.4 is 25.2 Å². The number of fused-ring (bicyclic) bond motifs is 3. The second-order valence-corrected chi connectivity index (χ2v) is 8.32. The van der Waals surface area contributed by atoms with Crippen LogP contribution >= 0.6 is 0 Å². The van der Waals surface area contributed by atoms with Gasteiger partial charge in [-0.1, -0.05) is 19.1 Å². The summed E-state index contributed by atoms with van der Waals surface area (Å²) in [6.45, 7) is 1.96. The van der Waals surface area contributed by atoms with Crippen molar-refractivity contribution < 1.29 is 23.4 Å². The van der Waals surface area contributed by atoms with E-state index < -0.39 is 11.5 Å². The Morgan fingerprint density at radius 3 is 2.32 bits per heavy atom.